The molecule has 2 aromatic rings. The number of nitrogens with one attached hydrogen (secondary N) is 1. The minimum Gasteiger partial charge on any atom is -0.467 e. The zero-order chi connectivity index (χ0) is 14.8. The molecule has 1 fully saturated rings. The first kappa shape index (κ1) is 14.2. The van der Waals surface area contributed by atoms with Crippen LogP contribution in [0.5, 0.6) is 0 Å². The van der Waals surface area contributed by atoms with Gasteiger partial charge in [-0.2, -0.15) is 0 Å². The maximum atomic E-state index is 14.2. The number of piperazine rings is 1. The quantitative estimate of drug-likeness (QED) is 0.883. The van der Waals surface area contributed by atoms with Gasteiger partial charge < -0.3 is 9.73 Å². The van der Waals surface area contributed by atoms with E-state index in [9.17, 15) is 13.2 Å². The highest BCUT2D eigenvalue weighted by Gasteiger charge is 2.30. The van der Waals surface area contributed by atoms with Gasteiger partial charge in [-0.05, 0) is 18.2 Å². The van der Waals surface area contributed by atoms with Crippen molar-refractivity contribution >= 4 is 0 Å². The van der Waals surface area contributed by atoms with Gasteiger partial charge in [0, 0.05) is 37.8 Å². The lowest BCUT2D eigenvalue weighted by atomic mass is 10.0. The molecule has 2 heterocycles. The van der Waals surface area contributed by atoms with E-state index >= 15 is 0 Å². The zero-order valence-electron chi connectivity index (χ0n) is 11.3. The first-order valence-corrected chi connectivity index (χ1v) is 6.79. The van der Waals surface area contributed by atoms with Crippen molar-refractivity contribution in [3.05, 3.63) is 59.3 Å². The summed E-state index contributed by atoms with van der Waals surface area (Å²) in [5.74, 6) is -2.54. The van der Waals surface area contributed by atoms with E-state index in [1.54, 1.807) is 12.1 Å². The summed E-state index contributed by atoms with van der Waals surface area (Å²) in [6.07, 6.45) is 1.47. The fraction of sp³-hybridized carbons (Fsp3) is 0.333. The summed E-state index contributed by atoms with van der Waals surface area (Å²) in [6, 6.07) is 4.32. The molecule has 0 aliphatic carbocycles. The second-order valence-corrected chi connectivity index (χ2v) is 4.99. The summed E-state index contributed by atoms with van der Waals surface area (Å²) in [5, 5.41) is 3.19. The topological polar surface area (TPSA) is 28.4 Å². The molecular formula is C15H15F3N2O. The fourth-order valence-electron chi connectivity index (χ4n) is 2.69. The molecule has 1 aromatic heterocycles. The molecule has 1 aliphatic rings. The Labute approximate surface area is 120 Å². The lowest BCUT2D eigenvalue weighted by Gasteiger charge is -2.34. The Kier molecular flexibility index (Phi) is 3.98. The number of nitrogens with zero attached hydrogens (tertiary/aromatic N) is 1. The summed E-state index contributed by atoms with van der Waals surface area (Å²) in [5.41, 5.74) is -0.0376. The van der Waals surface area contributed by atoms with E-state index in [0.29, 0.717) is 24.9 Å². The van der Waals surface area contributed by atoms with Crippen LogP contribution in [0.2, 0.25) is 0 Å². The molecule has 1 N–H and O–H groups in total. The largest absolute Gasteiger partial charge is 0.467 e. The number of rotatable bonds is 3. The average Bonchev–Trinajstić information content (AvgIpc) is 2.99. The van der Waals surface area contributed by atoms with Crippen LogP contribution in [0, 0.1) is 17.5 Å². The van der Waals surface area contributed by atoms with E-state index < -0.39 is 23.5 Å². The van der Waals surface area contributed by atoms with Crippen molar-refractivity contribution in [2.24, 2.45) is 0 Å². The van der Waals surface area contributed by atoms with E-state index in [-0.39, 0.29) is 5.56 Å². The van der Waals surface area contributed by atoms with Gasteiger partial charge in [0.05, 0.1) is 12.3 Å². The van der Waals surface area contributed by atoms with Crippen LogP contribution in [0.4, 0.5) is 13.2 Å². The first-order chi connectivity index (χ1) is 10.2. The summed E-state index contributed by atoms with van der Waals surface area (Å²) in [4.78, 5) is 1.95. The van der Waals surface area contributed by atoms with Gasteiger partial charge in [-0.3, -0.25) is 4.90 Å². The molecule has 1 aliphatic heterocycles. The zero-order valence-corrected chi connectivity index (χ0v) is 11.3. The molecular weight excluding hydrogens is 281 g/mol. The minimum absolute atomic E-state index is 0.0376. The standard InChI is InChI=1S/C15H15F3N2O/c16-10-8-11(14(18)12(17)9-10)15(13-2-1-7-21-13)20-5-3-19-4-6-20/h1-2,7-9,15,19H,3-6H2/t15-/m1/s1. The normalized spacial score (nSPS) is 17.9. The van der Waals surface area contributed by atoms with Gasteiger partial charge in [0.1, 0.15) is 11.6 Å². The van der Waals surface area contributed by atoms with Crippen LogP contribution in [-0.4, -0.2) is 31.1 Å². The van der Waals surface area contributed by atoms with Gasteiger partial charge in [0.15, 0.2) is 11.6 Å². The Morgan fingerprint density at radius 2 is 1.90 bits per heavy atom. The summed E-state index contributed by atoms with van der Waals surface area (Å²) < 4.78 is 46.6. The molecule has 0 spiro atoms. The van der Waals surface area contributed by atoms with Crippen LogP contribution < -0.4 is 5.32 Å². The molecule has 1 saturated heterocycles. The van der Waals surface area contributed by atoms with Crippen molar-refractivity contribution in [1.29, 1.82) is 0 Å². The smallest absolute Gasteiger partial charge is 0.164 e. The van der Waals surface area contributed by atoms with Crippen LogP contribution in [0.3, 0.4) is 0 Å². The third kappa shape index (κ3) is 2.82. The monoisotopic (exact) mass is 296 g/mol. The molecule has 0 unspecified atom stereocenters. The van der Waals surface area contributed by atoms with E-state index in [1.807, 2.05) is 4.90 Å². The van der Waals surface area contributed by atoms with Crippen LogP contribution in [0.25, 0.3) is 0 Å². The van der Waals surface area contributed by atoms with Crippen molar-refractivity contribution in [3.8, 4) is 0 Å². The highest BCUT2D eigenvalue weighted by molar-refractivity contribution is 5.30. The number of halogens is 3. The summed E-state index contributed by atoms with van der Waals surface area (Å²) in [7, 11) is 0. The molecule has 0 bridgehead atoms. The molecule has 3 rings (SSSR count). The predicted molar refractivity (Wildman–Crippen MR) is 71.3 cm³/mol. The van der Waals surface area contributed by atoms with Crippen LogP contribution in [0.15, 0.2) is 34.9 Å². The van der Waals surface area contributed by atoms with Gasteiger partial charge in [0.2, 0.25) is 0 Å². The molecule has 6 heteroatoms. The number of hydrogen-bond acceptors (Lipinski definition) is 3. The SMILES string of the molecule is Fc1cc(F)c(F)c([C@H](c2ccco2)N2CCNCC2)c1. The van der Waals surface area contributed by atoms with Gasteiger partial charge >= 0.3 is 0 Å². The number of hydrogen-bond donors (Lipinski definition) is 1. The highest BCUT2D eigenvalue weighted by Crippen LogP contribution is 2.32. The third-order valence-electron chi connectivity index (χ3n) is 3.65. The second-order valence-electron chi connectivity index (χ2n) is 4.99. The van der Waals surface area contributed by atoms with Crippen LogP contribution in [0.1, 0.15) is 17.4 Å². The molecule has 0 saturated carbocycles. The molecule has 1 atom stereocenters. The van der Waals surface area contributed by atoms with Gasteiger partial charge in [-0.15, -0.1) is 0 Å². The second kappa shape index (κ2) is 5.91. The first-order valence-electron chi connectivity index (χ1n) is 6.79. The van der Waals surface area contributed by atoms with Crippen molar-refractivity contribution in [1.82, 2.24) is 10.2 Å². The predicted octanol–water partition coefficient (Wildman–Crippen LogP) is 2.69. The maximum Gasteiger partial charge on any atom is 0.164 e. The molecule has 3 nitrogen and oxygen atoms in total. The Hall–Kier alpha value is -1.79. The van der Waals surface area contributed by atoms with Gasteiger partial charge in [-0.25, -0.2) is 13.2 Å². The van der Waals surface area contributed by atoms with Crippen LogP contribution in [-0.2, 0) is 0 Å². The lowest BCUT2D eigenvalue weighted by Crippen LogP contribution is -2.45. The van der Waals surface area contributed by atoms with Crippen molar-refractivity contribution in [2.45, 2.75) is 6.04 Å². The Morgan fingerprint density at radius 1 is 1.14 bits per heavy atom. The lowest BCUT2D eigenvalue weighted by molar-refractivity contribution is 0.176. The number of benzene rings is 1. The van der Waals surface area contributed by atoms with Crippen molar-refractivity contribution in [2.75, 3.05) is 26.2 Å². The third-order valence-corrected chi connectivity index (χ3v) is 3.65. The molecule has 112 valence electrons. The van der Waals surface area contributed by atoms with Crippen molar-refractivity contribution in [3.63, 3.8) is 0 Å². The fourth-order valence-corrected chi connectivity index (χ4v) is 2.69. The van der Waals surface area contributed by atoms with E-state index in [0.717, 1.165) is 19.2 Å². The van der Waals surface area contributed by atoms with Crippen LogP contribution >= 0.6 is 0 Å². The molecule has 0 amide bonds. The minimum atomic E-state index is -1.18. The molecule has 21 heavy (non-hydrogen) atoms. The summed E-state index contributed by atoms with van der Waals surface area (Å²) >= 11 is 0. The van der Waals surface area contributed by atoms with E-state index in [2.05, 4.69) is 5.32 Å². The Bertz CT molecular complexity index is 610. The Balaban J connectivity index is 2.07. The average molecular weight is 296 g/mol. The number of furan rings is 1. The Morgan fingerprint density at radius 3 is 2.57 bits per heavy atom. The van der Waals surface area contributed by atoms with Gasteiger partial charge in [-0.1, -0.05) is 0 Å². The van der Waals surface area contributed by atoms with E-state index in [1.165, 1.54) is 6.26 Å². The highest BCUT2D eigenvalue weighted by atomic mass is 19.2. The van der Waals surface area contributed by atoms with E-state index in [4.69, 9.17) is 4.42 Å². The molecule has 1 aromatic carbocycles. The summed E-state index contributed by atoms with van der Waals surface area (Å²) in [6.45, 7) is 2.75. The van der Waals surface area contributed by atoms with Gasteiger partial charge in [0.25, 0.3) is 0 Å². The maximum absolute atomic E-state index is 14.2. The van der Waals surface area contributed by atoms with Crippen molar-refractivity contribution < 1.29 is 17.6 Å². The molecule has 0 radical (unpaired) electrons.